The third-order valence-corrected chi connectivity index (χ3v) is 3.91. The van der Waals surface area contributed by atoms with Crippen molar-refractivity contribution in [2.45, 2.75) is 45.2 Å². The molecule has 0 radical (unpaired) electrons. The van der Waals surface area contributed by atoms with E-state index in [2.05, 4.69) is 57.0 Å². The number of fused-ring (bicyclic) bond motifs is 1. The molecule has 108 valence electrons. The Morgan fingerprint density at radius 2 is 2.15 bits per heavy atom. The second-order valence-corrected chi connectivity index (χ2v) is 5.98. The van der Waals surface area contributed by atoms with Crippen molar-refractivity contribution < 1.29 is 4.74 Å². The van der Waals surface area contributed by atoms with E-state index in [4.69, 9.17) is 4.74 Å². The zero-order valence-corrected chi connectivity index (χ0v) is 13.0. The summed E-state index contributed by atoms with van der Waals surface area (Å²) < 4.78 is 5.51. The molecular formula is C18H25NO. The summed E-state index contributed by atoms with van der Waals surface area (Å²) in [5, 5.41) is 3.70. The Hall–Kier alpha value is -1.54. The predicted molar refractivity (Wildman–Crippen MR) is 86.2 cm³/mol. The third-order valence-electron chi connectivity index (χ3n) is 3.91. The molecule has 0 fully saturated rings. The first-order chi connectivity index (χ1) is 9.48. The second kappa shape index (κ2) is 5.84. The summed E-state index contributed by atoms with van der Waals surface area (Å²) in [6.45, 7) is 10.8. The molecule has 1 aromatic carbocycles. The molecule has 2 rings (SSSR count). The topological polar surface area (TPSA) is 21.3 Å². The van der Waals surface area contributed by atoms with Crippen LogP contribution in [0.1, 0.15) is 38.3 Å². The van der Waals surface area contributed by atoms with E-state index in [1.165, 1.54) is 11.1 Å². The van der Waals surface area contributed by atoms with Crippen LogP contribution in [0, 0.1) is 0 Å². The van der Waals surface area contributed by atoms with Gasteiger partial charge in [0.25, 0.3) is 0 Å². The zero-order chi connectivity index (χ0) is 14.8. The predicted octanol–water partition coefficient (Wildman–Crippen LogP) is 3.97. The Morgan fingerprint density at radius 1 is 1.40 bits per heavy atom. The zero-order valence-electron chi connectivity index (χ0n) is 13.0. The molecule has 20 heavy (non-hydrogen) atoms. The van der Waals surface area contributed by atoms with Crippen LogP contribution in [0.25, 0.3) is 5.57 Å². The normalized spacial score (nSPS) is 19.2. The average molecular weight is 271 g/mol. The molecule has 0 saturated heterocycles. The number of methoxy groups -OCH3 is 1. The Bertz CT molecular complexity index is 514. The van der Waals surface area contributed by atoms with Gasteiger partial charge in [-0.25, -0.2) is 0 Å². The van der Waals surface area contributed by atoms with Gasteiger partial charge in [0.2, 0.25) is 0 Å². The summed E-state index contributed by atoms with van der Waals surface area (Å²) in [7, 11) is 1.73. The first-order valence-corrected chi connectivity index (χ1v) is 7.25. The van der Waals surface area contributed by atoms with Crippen molar-refractivity contribution in [1.29, 1.82) is 0 Å². The Morgan fingerprint density at radius 3 is 2.80 bits per heavy atom. The van der Waals surface area contributed by atoms with Crippen LogP contribution in [0.2, 0.25) is 0 Å². The van der Waals surface area contributed by atoms with E-state index in [0.29, 0.717) is 6.04 Å². The van der Waals surface area contributed by atoms with Crippen LogP contribution >= 0.6 is 0 Å². The minimum absolute atomic E-state index is 0.0259. The largest absolute Gasteiger partial charge is 0.496 e. The average Bonchev–Trinajstić information content (AvgIpc) is 2.41. The number of hydrogen-bond acceptors (Lipinski definition) is 2. The van der Waals surface area contributed by atoms with Crippen LogP contribution < -0.4 is 10.1 Å². The summed E-state index contributed by atoms with van der Waals surface area (Å²) in [5.41, 5.74) is 3.65. The van der Waals surface area contributed by atoms with Crippen LogP contribution in [0.5, 0.6) is 5.75 Å². The maximum Gasteiger partial charge on any atom is 0.126 e. The van der Waals surface area contributed by atoms with Gasteiger partial charge in [-0.3, -0.25) is 0 Å². The van der Waals surface area contributed by atoms with Crippen LogP contribution in [0.3, 0.4) is 0 Å². The minimum atomic E-state index is -0.0259. The number of allylic oxidation sites excluding steroid dienone is 1. The monoisotopic (exact) mass is 271 g/mol. The van der Waals surface area contributed by atoms with E-state index in [-0.39, 0.29) is 5.54 Å². The molecule has 0 bridgehead atoms. The summed E-state index contributed by atoms with van der Waals surface area (Å²) in [5.74, 6) is 0.933. The van der Waals surface area contributed by atoms with Gasteiger partial charge in [0, 0.05) is 17.1 Å². The molecule has 1 N–H and O–H groups in total. The van der Waals surface area contributed by atoms with Crippen molar-refractivity contribution in [3.63, 3.8) is 0 Å². The van der Waals surface area contributed by atoms with E-state index in [1.54, 1.807) is 7.11 Å². The first-order valence-electron chi connectivity index (χ1n) is 7.25. The summed E-state index contributed by atoms with van der Waals surface area (Å²) in [6.07, 6.45) is 6.43. The SMILES string of the molecule is C=C1c2c(cccc2OC)CCC1NC(C)(C)C=CC. The van der Waals surface area contributed by atoms with Gasteiger partial charge in [0.05, 0.1) is 7.11 Å². The van der Waals surface area contributed by atoms with Crippen molar-refractivity contribution in [3.05, 3.63) is 48.1 Å². The first kappa shape index (κ1) is 14.9. The van der Waals surface area contributed by atoms with Gasteiger partial charge in [-0.05, 0) is 50.8 Å². The molecule has 0 aromatic heterocycles. The van der Waals surface area contributed by atoms with E-state index >= 15 is 0 Å². The number of rotatable bonds is 4. The molecule has 0 aliphatic heterocycles. The molecule has 1 aliphatic carbocycles. The highest BCUT2D eigenvalue weighted by Gasteiger charge is 2.28. The number of aryl methyl sites for hydroxylation is 1. The fraction of sp³-hybridized carbons (Fsp3) is 0.444. The maximum atomic E-state index is 5.51. The minimum Gasteiger partial charge on any atom is -0.496 e. The van der Waals surface area contributed by atoms with E-state index in [1.807, 2.05) is 6.07 Å². The lowest BCUT2D eigenvalue weighted by Crippen LogP contribution is -2.46. The van der Waals surface area contributed by atoms with Gasteiger partial charge < -0.3 is 10.1 Å². The number of benzene rings is 1. The van der Waals surface area contributed by atoms with Crippen molar-refractivity contribution in [1.82, 2.24) is 5.32 Å². The molecule has 0 amide bonds. The van der Waals surface area contributed by atoms with Crippen LogP contribution in [0.4, 0.5) is 0 Å². The second-order valence-electron chi connectivity index (χ2n) is 5.98. The summed E-state index contributed by atoms with van der Waals surface area (Å²) in [6, 6.07) is 6.55. The van der Waals surface area contributed by atoms with Gasteiger partial charge in [-0.2, -0.15) is 0 Å². The van der Waals surface area contributed by atoms with Crippen molar-refractivity contribution in [3.8, 4) is 5.75 Å². The standard InChI is InChI=1S/C18H25NO/c1-6-12-18(3,4)19-15-11-10-14-8-7-9-16(20-5)17(14)13(15)2/h6-9,12,15,19H,2,10-11H2,1,3-5H3. The van der Waals surface area contributed by atoms with Crippen molar-refractivity contribution in [2.75, 3.05) is 7.11 Å². The van der Waals surface area contributed by atoms with Gasteiger partial charge in [0.1, 0.15) is 5.75 Å². The molecule has 2 heteroatoms. The van der Waals surface area contributed by atoms with Crippen molar-refractivity contribution >= 4 is 5.57 Å². The highest BCUT2D eigenvalue weighted by molar-refractivity contribution is 5.76. The fourth-order valence-corrected chi connectivity index (χ4v) is 3.04. The number of nitrogens with one attached hydrogen (secondary N) is 1. The summed E-state index contributed by atoms with van der Waals surface area (Å²) in [4.78, 5) is 0. The Balaban J connectivity index is 2.28. The number of hydrogen-bond donors (Lipinski definition) is 1. The number of ether oxygens (including phenoxy) is 1. The molecule has 0 heterocycles. The van der Waals surface area contributed by atoms with Gasteiger partial charge in [0.15, 0.2) is 0 Å². The smallest absolute Gasteiger partial charge is 0.126 e. The van der Waals surface area contributed by atoms with E-state index in [0.717, 1.165) is 24.2 Å². The Labute approximate surface area is 122 Å². The molecule has 1 aromatic rings. The lowest BCUT2D eigenvalue weighted by atomic mass is 9.83. The Kier molecular flexibility index (Phi) is 4.34. The van der Waals surface area contributed by atoms with Crippen LogP contribution in [0.15, 0.2) is 36.9 Å². The highest BCUT2D eigenvalue weighted by atomic mass is 16.5. The quantitative estimate of drug-likeness (QED) is 0.837. The molecule has 1 atom stereocenters. The molecule has 1 unspecified atom stereocenters. The van der Waals surface area contributed by atoms with Crippen LogP contribution in [-0.2, 0) is 6.42 Å². The van der Waals surface area contributed by atoms with Gasteiger partial charge in [-0.15, -0.1) is 0 Å². The van der Waals surface area contributed by atoms with Crippen molar-refractivity contribution in [2.24, 2.45) is 0 Å². The fourth-order valence-electron chi connectivity index (χ4n) is 3.04. The summed E-state index contributed by atoms with van der Waals surface area (Å²) >= 11 is 0. The van der Waals surface area contributed by atoms with E-state index < -0.39 is 0 Å². The molecule has 0 spiro atoms. The lowest BCUT2D eigenvalue weighted by Gasteiger charge is -2.35. The molecular weight excluding hydrogens is 246 g/mol. The third kappa shape index (κ3) is 2.96. The van der Waals surface area contributed by atoms with Crippen LogP contribution in [-0.4, -0.2) is 18.7 Å². The lowest BCUT2D eigenvalue weighted by molar-refractivity contribution is 0.401. The maximum absolute atomic E-state index is 5.51. The highest BCUT2D eigenvalue weighted by Crippen LogP contribution is 2.37. The van der Waals surface area contributed by atoms with Gasteiger partial charge in [-0.1, -0.05) is 30.9 Å². The van der Waals surface area contributed by atoms with E-state index in [9.17, 15) is 0 Å². The molecule has 0 saturated carbocycles. The van der Waals surface area contributed by atoms with Gasteiger partial charge >= 0.3 is 0 Å². The molecule has 1 aliphatic rings. The molecule has 2 nitrogen and oxygen atoms in total.